The summed E-state index contributed by atoms with van der Waals surface area (Å²) in [6.45, 7) is 10.8. The van der Waals surface area contributed by atoms with Crippen LogP contribution >= 0.6 is 0 Å². The van der Waals surface area contributed by atoms with E-state index in [1.807, 2.05) is 0 Å². The number of nitrogens with one attached hydrogen (secondary N) is 2. The number of rotatable bonds is 6. The number of hydrogen-bond donors (Lipinski definition) is 2. The fraction of sp³-hybridized carbons (Fsp3) is 0.839. The molecule has 12 heteroatoms. The van der Waals surface area contributed by atoms with Crippen molar-refractivity contribution in [3.05, 3.63) is 11.8 Å². The smallest absolute Gasteiger partial charge is 0.407 e. The van der Waals surface area contributed by atoms with Gasteiger partial charge in [0.1, 0.15) is 11.8 Å². The minimum atomic E-state index is -1.26. The molecule has 4 aliphatic heterocycles. The second-order valence-electron chi connectivity index (χ2n) is 14.0. The number of Topliss-reactive ketones (excluding diaryl/α,β-unsaturated/α-hetero) is 1. The second kappa shape index (κ2) is 12.6. The van der Waals surface area contributed by atoms with Crippen LogP contribution in [0.5, 0.6) is 0 Å². The van der Waals surface area contributed by atoms with Gasteiger partial charge in [0.2, 0.25) is 0 Å². The third kappa shape index (κ3) is 6.57. The Kier molecular flexibility index (Phi) is 9.01. The summed E-state index contributed by atoms with van der Waals surface area (Å²) in [7, 11) is 0. The summed E-state index contributed by atoms with van der Waals surface area (Å²) >= 11 is 0. The molecule has 0 radical (unpaired) electrons. The summed E-state index contributed by atoms with van der Waals surface area (Å²) in [4.78, 5) is 46.2. The molecule has 0 spiro atoms. The predicted octanol–water partition coefficient (Wildman–Crippen LogP) is 1.61. The SMILES string of the molecule is CC(C)(C)OC(=O)NC1CCN(C(=O)C2=CN3C4CCCCC4OC4C(NCCN5CCOCC5)C(F)CC(C2=O)C43)C1. The molecule has 0 aromatic heterocycles. The van der Waals surface area contributed by atoms with Crippen molar-refractivity contribution in [2.24, 2.45) is 5.92 Å². The lowest BCUT2D eigenvalue weighted by molar-refractivity contribution is -0.197. The van der Waals surface area contributed by atoms with Crippen molar-refractivity contribution < 1.29 is 33.0 Å². The number of ether oxygens (including phenoxy) is 3. The Labute approximate surface area is 253 Å². The van der Waals surface area contributed by atoms with Crippen LogP contribution in [0.3, 0.4) is 0 Å². The lowest BCUT2D eigenvalue weighted by Gasteiger charge is -2.59. The van der Waals surface area contributed by atoms with E-state index in [-0.39, 0.29) is 47.9 Å². The zero-order chi connectivity index (χ0) is 30.3. The van der Waals surface area contributed by atoms with Gasteiger partial charge in [-0.15, -0.1) is 0 Å². The molecule has 5 fully saturated rings. The zero-order valence-corrected chi connectivity index (χ0v) is 25.8. The quantitative estimate of drug-likeness (QED) is 0.436. The number of morpholine rings is 2. The molecule has 43 heavy (non-hydrogen) atoms. The van der Waals surface area contributed by atoms with Crippen LogP contribution in [0.15, 0.2) is 11.8 Å². The normalized spacial score (nSPS) is 36.5. The maximum absolute atomic E-state index is 16.0. The van der Waals surface area contributed by atoms with Crippen molar-refractivity contribution >= 4 is 17.8 Å². The van der Waals surface area contributed by atoms with E-state index in [4.69, 9.17) is 14.2 Å². The molecule has 8 unspecified atom stereocenters. The van der Waals surface area contributed by atoms with Crippen LogP contribution in [0, 0.1) is 5.92 Å². The van der Waals surface area contributed by atoms with E-state index in [9.17, 15) is 14.4 Å². The Morgan fingerprint density at radius 1 is 1.12 bits per heavy atom. The Balaban J connectivity index is 1.17. The maximum atomic E-state index is 16.0. The second-order valence-corrected chi connectivity index (χ2v) is 14.0. The minimum absolute atomic E-state index is 0.0560. The third-order valence-electron chi connectivity index (χ3n) is 9.92. The molecule has 11 nitrogen and oxygen atoms in total. The van der Waals surface area contributed by atoms with Gasteiger partial charge in [-0.2, -0.15) is 0 Å². The average molecular weight is 606 g/mol. The van der Waals surface area contributed by atoms with Crippen LogP contribution in [-0.4, -0.2) is 133 Å². The highest BCUT2D eigenvalue weighted by atomic mass is 19.1. The molecule has 6 rings (SSSR count). The molecular weight excluding hydrogens is 557 g/mol. The van der Waals surface area contributed by atoms with E-state index in [1.54, 1.807) is 31.9 Å². The molecule has 0 aromatic rings. The van der Waals surface area contributed by atoms with E-state index in [1.165, 1.54) is 0 Å². The highest BCUT2D eigenvalue weighted by Crippen LogP contribution is 2.45. The fourth-order valence-corrected chi connectivity index (χ4v) is 7.90. The molecule has 8 atom stereocenters. The first kappa shape index (κ1) is 30.7. The van der Waals surface area contributed by atoms with Gasteiger partial charge < -0.3 is 34.6 Å². The zero-order valence-electron chi connectivity index (χ0n) is 25.8. The number of alkyl halides is 1. The molecule has 2 amide bonds. The summed E-state index contributed by atoms with van der Waals surface area (Å²) in [6, 6.07) is -0.991. The lowest BCUT2D eigenvalue weighted by atomic mass is 9.69. The average Bonchev–Trinajstić information content (AvgIpc) is 3.43. The maximum Gasteiger partial charge on any atom is 0.407 e. The molecule has 0 aromatic carbocycles. The van der Waals surface area contributed by atoms with Crippen molar-refractivity contribution in [3.8, 4) is 0 Å². The topological polar surface area (TPSA) is 113 Å². The molecule has 6 aliphatic rings. The summed E-state index contributed by atoms with van der Waals surface area (Å²) in [6.07, 6.45) is 4.05. The van der Waals surface area contributed by atoms with Crippen molar-refractivity contribution in [2.45, 2.75) is 107 Å². The van der Waals surface area contributed by atoms with E-state index >= 15 is 4.39 Å². The number of nitrogens with zero attached hydrogens (tertiary/aromatic N) is 3. The van der Waals surface area contributed by atoms with Crippen molar-refractivity contribution in [3.63, 3.8) is 0 Å². The Bertz CT molecular complexity index is 1090. The molecule has 0 bridgehead atoms. The van der Waals surface area contributed by atoms with E-state index in [0.29, 0.717) is 26.1 Å². The summed E-state index contributed by atoms with van der Waals surface area (Å²) < 4.78 is 33.5. The third-order valence-corrected chi connectivity index (χ3v) is 9.92. The van der Waals surface area contributed by atoms with Gasteiger partial charge in [-0.25, -0.2) is 9.18 Å². The number of likely N-dealkylation sites (tertiary alicyclic amines) is 1. The first-order valence-electron chi connectivity index (χ1n) is 16.2. The number of hydrogen-bond acceptors (Lipinski definition) is 9. The molecule has 240 valence electrons. The number of carbonyl (C=O) groups is 3. The number of amides is 2. The molecule has 2 N–H and O–H groups in total. The van der Waals surface area contributed by atoms with Gasteiger partial charge >= 0.3 is 6.09 Å². The largest absolute Gasteiger partial charge is 0.444 e. The molecular formula is C31H48FN5O6. The van der Waals surface area contributed by atoms with Crippen LogP contribution in [0.4, 0.5) is 9.18 Å². The van der Waals surface area contributed by atoms with Gasteiger partial charge in [0.15, 0.2) is 5.78 Å². The molecule has 4 heterocycles. The summed E-state index contributed by atoms with van der Waals surface area (Å²) in [5, 5.41) is 6.32. The number of halogens is 1. The predicted molar refractivity (Wildman–Crippen MR) is 156 cm³/mol. The summed E-state index contributed by atoms with van der Waals surface area (Å²) in [5.41, 5.74) is -0.484. The standard InChI is InChI=1S/C31H48FN5O6/c1-31(2,3)43-30(40)34-19-8-10-36(17-19)29(39)21-18-37-23-6-4-5-7-24(23)42-28-25(22(32)16-20(26(28)37)27(21)38)33-9-11-35-12-14-41-15-13-35/h18-20,22-26,28,33H,4-17H2,1-3H3,(H,34,40). The van der Waals surface area contributed by atoms with Crippen LogP contribution < -0.4 is 10.6 Å². The van der Waals surface area contributed by atoms with Crippen LogP contribution in [0.2, 0.25) is 0 Å². The molecule has 2 saturated carbocycles. The number of alkyl carbamates (subject to hydrolysis) is 1. The van der Waals surface area contributed by atoms with Gasteiger partial charge in [-0.1, -0.05) is 12.8 Å². The van der Waals surface area contributed by atoms with Gasteiger partial charge in [-0.3, -0.25) is 14.5 Å². The monoisotopic (exact) mass is 605 g/mol. The Hall–Kier alpha value is -2.28. The molecule has 3 saturated heterocycles. The van der Waals surface area contributed by atoms with Crippen molar-refractivity contribution in [2.75, 3.05) is 52.5 Å². The number of carbonyl (C=O) groups excluding carboxylic acids is 3. The van der Waals surface area contributed by atoms with Crippen LogP contribution in [0.1, 0.15) is 59.3 Å². The van der Waals surface area contributed by atoms with E-state index in [2.05, 4.69) is 20.4 Å². The first-order valence-corrected chi connectivity index (χ1v) is 16.2. The van der Waals surface area contributed by atoms with Crippen molar-refractivity contribution in [1.29, 1.82) is 0 Å². The number of fused-ring (bicyclic) bond motifs is 2. The van der Waals surface area contributed by atoms with Crippen LogP contribution in [-0.2, 0) is 23.8 Å². The Morgan fingerprint density at radius 2 is 1.88 bits per heavy atom. The Morgan fingerprint density at radius 3 is 2.65 bits per heavy atom. The van der Waals surface area contributed by atoms with E-state index in [0.717, 1.165) is 58.5 Å². The van der Waals surface area contributed by atoms with Gasteiger partial charge in [0, 0.05) is 51.4 Å². The van der Waals surface area contributed by atoms with Crippen LogP contribution in [0.25, 0.3) is 0 Å². The van der Waals surface area contributed by atoms with E-state index < -0.39 is 35.9 Å². The summed E-state index contributed by atoms with van der Waals surface area (Å²) in [5.74, 6) is -1.26. The van der Waals surface area contributed by atoms with Gasteiger partial charge in [0.25, 0.3) is 5.91 Å². The first-order chi connectivity index (χ1) is 20.6. The number of ketones is 1. The minimum Gasteiger partial charge on any atom is -0.444 e. The lowest BCUT2D eigenvalue weighted by Crippen LogP contribution is -2.73. The van der Waals surface area contributed by atoms with Gasteiger partial charge in [-0.05, 0) is 46.5 Å². The van der Waals surface area contributed by atoms with Crippen molar-refractivity contribution in [1.82, 2.24) is 25.3 Å². The molecule has 2 aliphatic carbocycles. The van der Waals surface area contributed by atoms with Gasteiger partial charge in [0.05, 0.1) is 55.2 Å². The highest BCUT2D eigenvalue weighted by molar-refractivity contribution is 6.20. The highest BCUT2D eigenvalue weighted by Gasteiger charge is 2.58. The fourth-order valence-electron chi connectivity index (χ4n) is 7.90.